The lowest BCUT2D eigenvalue weighted by Gasteiger charge is -2.49. The summed E-state index contributed by atoms with van der Waals surface area (Å²) in [6.07, 6.45) is -0.983. The molecule has 1 aromatic rings. The van der Waals surface area contributed by atoms with Gasteiger partial charge in [0, 0.05) is 18.2 Å². The molecule has 4 rings (SSSR count). The zero-order valence-electron chi connectivity index (χ0n) is 15.8. The number of hydrogen-bond donors (Lipinski definition) is 3. The molecule has 4 atom stereocenters. The number of urea groups is 1. The normalized spacial score (nSPS) is 28.8. The molecule has 0 unspecified atom stereocenters. The number of rotatable bonds is 5. The molecule has 1 aromatic carbocycles. The van der Waals surface area contributed by atoms with Crippen LogP contribution < -0.4 is 27.0 Å². The summed E-state index contributed by atoms with van der Waals surface area (Å²) in [6.45, 7) is 0.0760. The second kappa shape index (κ2) is 6.39. The minimum atomic E-state index is -1.40. The van der Waals surface area contributed by atoms with Crippen LogP contribution in [0.15, 0.2) is 12.1 Å². The van der Waals surface area contributed by atoms with Crippen LogP contribution in [0.4, 0.5) is 15.3 Å². The van der Waals surface area contributed by atoms with Gasteiger partial charge in [-0.3, -0.25) is 4.79 Å². The number of nitrogens with two attached hydrogens (primary N) is 3. The number of carbonyl (C=O) groups is 3. The van der Waals surface area contributed by atoms with Crippen molar-refractivity contribution in [2.45, 2.75) is 23.8 Å². The number of nitrogens with zero attached hydrogens (tertiary/aromatic N) is 2. The zero-order chi connectivity index (χ0) is 21.1. The van der Waals surface area contributed by atoms with Crippen molar-refractivity contribution in [3.8, 4) is 5.75 Å². The molecule has 0 spiro atoms. The predicted molar refractivity (Wildman–Crippen MR) is 97.0 cm³/mol. The second-order valence-electron chi connectivity index (χ2n) is 6.99. The van der Waals surface area contributed by atoms with Crippen molar-refractivity contribution in [3.63, 3.8) is 0 Å². The maximum atomic E-state index is 11.9. The molecule has 12 nitrogen and oxygen atoms in total. The van der Waals surface area contributed by atoms with Crippen LogP contribution in [0.5, 0.6) is 5.75 Å². The number of carbonyl (C=O) groups excluding carboxylic acids is 3. The fourth-order valence-electron chi connectivity index (χ4n) is 4.43. The maximum absolute atomic E-state index is 11.9. The Morgan fingerprint density at radius 3 is 2.52 bits per heavy atom. The van der Waals surface area contributed by atoms with Crippen LogP contribution in [0.2, 0.25) is 0 Å². The SMILES string of the molecule is COc1cc(C(N)=O)cc2c1[C@H](COC(N)=O)[C@]1(OC)ON2C[C@H]2[C@@H]1N2C(N)=O. The first kappa shape index (κ1) is 19.1. The van der Waals surface area contributed by atoms with Gasteiger partial charge < -0.3 is 36.3 Å². The fourth-order valence-corrected chi connectivity index (χ4v) is 4.43. The Labute approximate surface area is 165 Å². The van der Waals surface area contributed by atoms with Gasteiger partial charge in [-0.15, -0.1) is 0 Å². The Bertz CT molecular complexity index is 908. The first-order valence-corrected chi connectivity index (χ1v) is 8.78. The highest BCUT2D eigenvalue weighted by molar-refractivity contribution is 5.95. The summed E-state index contributed by atoms with van der Waals surface area (Å²) in [4.78, 5) is 42.6. The van der Waals surface area contributed by atoms with Gasteiger partial charge in [-0.25, -0.2) is 19.5 Å². The zero-order valence-corrected chi connectivity index (χ0v) is 15.8. The average Bonchev–Trinajstić information content (AvgIpc) is 3.41. The number of hydrogen-bond acceptors (Lipinski definition) is 8. The first-order valence-electron chi connectivity index (χ1n) is 8.78. The molecular formula is C17H21N5O7. The molecule has 2 saturated heterocycles. The number of ether oxygens (including phenoxy) is 3. The summed E-state index contributed by atoms with van der Waals surface area (Å²) in [5, 5.41) is 1.51. The number of anilines is 1. The van der Waals surface area contributed by atoms with Gasteiger partial charge in [0.1, 0.15) is 18.4 Å². The summed E-state index contributed by atoms with van der Waals surface area (Å²) in [7, 11) is 2.85. The van der Waals surface area contributed by atoms with Crippen molar-refractivity contribution in [2.24, 2.45) is 17.2 Å². The standard InChI is InChI=1S/C17H21N5O7/c1-26-11-4-7(14(18)23)3-9-12(11)8(6-28-16(20)25)17(27-2)13-10(5-21(9)29-17)22(13)15(19)24/h3-4,8,10,13H,5-6H2,1-2H3,(H2,18,23)(H2,19,24)(H2,20,25)/t8-,10-,13-,17-,22?/m0/s1. The number of fused-ring (bicyclic) bond motifs is 6. The summed E-state index contributed by atoms with van der Waals surface area (Å²) in [6, 6.07) is 1.62. The third kappa shape index (κ3) is 2.63. The van der Waals surface area contributed by atoms with E-state index in [4.69, 9.17) is 36.2 Å². The molecule has 0 aliphatic carbocycles. The number of hydroxylamine groups is 1. The van der Waals surface area contributed by atoms with Crippen molar-refractivity contribution in [1.29, 1.82) is 0 Å². The summed E-state index contributed by atoms with van der Waals surface area (Å²) in [5.41, 5.74) is 17.4. The number of benzene rings is 1. The van der Waals surface area contributed by atoms with Gasteiger partial charge in [-0.2, -0.15) is 0 Å². The fraction of sp³-hybridized carbons (Fsp3) is 0.471. The van der Waals surface area contributed by atoms with E-state index in [0.717, 1.165) is 0 Å². The van der Waals surface area contributed by atoms with Crippen molar-refractivity contribution in [3.05, 3.63) is 23.3 Å². The van der Waals surface area contributed by atoms with Gasteiger partial charge in [0.25, 0.3) is 0 Å². The van der Waals surface area contributed by atoms with Crippen LogP contribution in [0, 0.1) is 0 Å². The largest absolute Gasteiger partial charge is 0.496 e. The number of amides is 4. The smallest absolute Gasteiger partial charge is 0.404 e. The van der Waals surface area contributed by atoms with E-state index in [9.17, 15) is 14.4 Å². The molecule has 0 radical (unpaired) electrons. The molecule has 2 fully saturated rings. The van der Waals surface area contributed by atoms with Crippen LogP contribution in [-0.4, -0.2) is 68.2 Å². The van der Waals surface area contributed by atoms with Crippen LogP contribution in [-0.2, 0) is 14.3 Å². The van der Waals surface area contributed by atoms with Gasteiger partial charge in [0.2, 0.25) is 11.7 Å². The van der Waals surface area contributed by atoms with Crippen LogP contribution in [0.1, 0.15) is 21.8 Å². The third-order valence-electron chi connectivity index (χ3n) is 5.64. The predicted octanol–water partition coefficient (Wildman–Crippen LogP) is -0.788. The Morgan fingerprint density at radius 2 is 1.97 bits per heavy atom. The van der Waals surface area contributed by atoms with Gasteiger partial charge in [-0.1, -0.05) is 0 Å². The van der Waals surface area contributed by atoms with Crippen molar-refractivity contribution >= 4 is 23.7 Å². The van der Waals surface area contributed by atoms with Gasteiger partial charge >= 0.3 is 12.1 Å². The van der Waals surface area contributed by atoms with E-state index in [1.165, 1.54) is 30.2 Å². The Kier molecular flexibility index (Phi) is 4.20. The lowest BCUT2D eigenvalue weighted by Crippen LogP contribution is -2.60. The molecule has 29 heavy (non-hydrogen) atoms. The molecule has 0 aromatic heterocycles. The molecule has 156 valence electrons. The molecule has 6 N–H and O–H groups in total. The van der Waals surface area contributed by atoms with E-state index >= 15 is 0 Å². The molecule has 3 heterocycles. The van der Waals surface area contributed by atoms with Gasteiger partial charge in [0.15, 0.2) is 0 Å². The molecule has 4 amide bonds. The third-order valence-corrected chi connectivity index (χ3v) is 5.64. The number of methoxy groups -OCH3 is 2. The molecule has 12 heteroatoms. The van der Waals surface area contributed by atoms with E-state index in [1.807, 2.05) is 0 Å². The van der Waals surface area contributed by atoms with Crippen LogP contribution in [0.25, 0.3) is 0 Å². The van der Waals surface area contributed by atoms with Crippen molar-refractivity contribution in [1.82, 2.24) is 4.90 Å². The monoisotopic (exact) mass is 407 g/mol. The molecule has 0 saturated carbocycles. The summed E-state index contributed by atoms with van der Waals surface area (Å²) in [5.74, 6) is -2.46. The molecule has 3 aliphatic heterocycles. The number of primary amides is 3. The van der Waals surface area contributed by atoms with Crippen LogP contribution >= 0.6 is 0 Å². The molecular weight excluding hydrogens is 386 g/mol. The topological polar surface area (TPSA) is 172 Å². The van der Waals surface area contributed by atoms with Gasteiger partial charge in [-0.05, 0) is 12.1 Å². The minimum Gasteiger partial charge on any atom is -0.496 e. The second-order valence-corrected chi connectivity index (χ2v) is 6.99. The van der Waals surface area contributed by atoms with Gasteiger partial charge in [0.05, 0.1) is 31.3 Å². The highest BCUT2D eigenvalue weighted by atomic mass is 16.8. The van der Waals surface area contributed by atoms with Crippen molar-refractivity contribution < 1.29 is 33.4 Å². The van der Waals surface area contributed by atoms with E-state index in [-0.39, 0.29) is 18.2 Å². The first-order chi connectivity index (χ1) is 13.7. The van der Waals surface area contributed by atoms with Crippen LogP contribution in [0.3, 0.4) is 0 Å². The minimum absolute atomic E-state index is 0.202. The lowest BCUT2D eigenvalue weighted by atomic mass is 9.82. The van der Waals surface area contributed by atoms with Crippen molar-refractivity contribution in [2.75, 3.05) is 32.4 Å². The lowest BCUT2D eigenvalue weighted by molar-refractivity contribution is -0.265. The average molecular weight is 407 g/mol. The molecule has 2 bridgehead atoms. The Balaban J connectivity index is 1.91. The Morgan fingerprint density at radius 1 is 1.24 bits per heavy atom. The highest BCUT2D eigenvalue weighted by Crippen LogP contribution is 2.58. The van der Waals surface area contributed by atoms with E-state index in [1.54, 1.807) is 6.07 Å². The van der Waals surface area contributed by atoms with E-state index in [2.05, 4.69) is 0 Å². The quantitative estimate of drug-likeness (QED) is 0.533. The summed E-state index contributed by atoms with van der Waals surface area (Å²) >= 11 is 0. The van der Waals surface area contributed by atoms with E-state index in [0.29, 0.717) is 23.5 Å². The van der Waals surface area contributed by atoms with E-state index < -0.39 is 35.8 Å². The molecule has 3 aliphatic rings. The Hall–Kier alpha value is -3.25. The highest BCUT2D eigenvalue weighted by Gasteiger charge is 2.72. The maximum Gasteiger partial charge on any atom is 0.404 e. The summed E-state index contributed by atoms with van der Waals surface area (Å²) < 4.78 is 16.3.